The number of ether oxygens (including phenoxy) is 1. The molecule has 7 heteroatoms. The van der Waals surface area contributed by atoms with Gasteiger partial charge in [-0.1, -0.05) is 18.2 Å². The van der Waals surface area contributed by atoms with Gasteiger partial charge in [-0.25, -0.2) is 4.39 Å². The number of furan rings is 1. The Labute approximate surface area is 165 Å². The number of hydrogen-bond acceptors (Lipinski definition) is 5. The minimum atomic E-state index is -0.985. The molecule has 0 fully saturated rings. The van der Waals surface area contributed by atoms with E-state index in [4.69, 9.17) is 9.15 Å². The fourth-order valence-electron chi connectivity index (χ4n) is 3.43. The molecule has 1 N–H and O–H groups in total. The van der Waals surface area contributed by atoms with Crippen LogP contribution in [-0.4, -0.2) is 23.9 Å². The summed E-state index contributed by atoms with van der Waals surface area (Å²) in [5.74, 6) is -2.15. The van der Waals surface area contributed by atoms with Crippen LogP contribution in [0.3, 0.4) is 0 Å². The minimum absolute atomic E-state index is 0.0137. The highest BCUT2D eigenvalue weighted by molar-refractivity contribution is 6.20. The Morgan fingerprint density at radius 2 is 1.83 bits per heavy atom. The third kappa shape index (κ3) is 3.06. The van der Waals surface area contributed by atoms with E-state index in [0.717, 1.165) is 0 Å². The Morgan fingerprint density at radius 3 is 2.48 bits per heavy atom. The number of ketones is 1. The summed E-state index contributed by atoms with van der Waals surface area (Å²) in [7, 11) is 1.47. The SMILES string of the molecule is COc1ccccc1C1C(C(=O)c2ccco2)=C(O)C(=O)N1c1ccc(F)cc1. The predicted octanol–water partition coefficient (Wildman–Crippen LogP) is 4.21. The van der Waals surface area contributed by atoms with Crippen LogP contribution in [0.25, 0.3) is 0 Å². The summed E-state index contributed by atoms with van der Waals surface area (Å²) in [5.41, 5.74) is 0.673. The Morgan fingerprint density at radius 1 is 1.10 bits per heavy atom. The molecule has 1 aromatic heterocycles. The second-order valence-electron chi connectivity index (χ2n) is 6.36. The van der Waals surface area contributed by atoms with Crippen molar-refractivity contribution in [2.75, 3.05) is 12.0 Å². The quantitative estimate of drug-likeness (QED) is 0.657. The van der Waals surface area contributed by atoms with Crippen LogP contribution in [0.1, 0.15) is 22.2 Å². The second-order valence-corrected chi connectivity index (χ2v) is 6.36. The zero-order valence-corrected chi connectivity index (χ0v) is 15.3. The highest BCUT2D eigenvalue weighted by Crippen LogP contribution is 2.44. The van der Waals surface area contributed by atoms with E-state index in [1.165, 1.54) is 54.7 Å². The van der Waals surface area contributed by atoms with Crippen LogP contribution in [-0.2, 0) is 4.79 Å². The molecule has 0 radical (unpaired) electrons. The maximum absolute atomic E-state index is 13.4. The van der Waals surface area contributed by atoms with Gasteiger partial charge in [0.1, 0.15) is 11.6 Å². The maximum atomic E-state index is 13.4. The molecule has 0 spiro atoms. The number of rotatable bonds is 5. The van der Waals surface area contributed by atoms with Crippen LogP contribution in [0.4, 0.5) is 10.1 Å². The molecule has 0 saturated heterocycles. The van der Waals surface area contributed by atoms with Gasteiger partial charge in [-0.3, -0.25) is 14.5 Å². The van der Waals surface area contributed by atoms with Gasteiger partial charge in [0, 0.05) is 11.3 Å². The van der Waals surface area contributed by atoms with Crippen molar-refractivity contribution in [1.82, 2.24) is 0 Å². The van der Waals surface area contributed by atoms with E-state index in [1.54, 1.807) is 24.3 Å². The lowest BCUT2D eigenvalue weighted by atomic mass is 9.94. The molecule has 146 valence electrons. The number of carbonyl (C=O) groups is 2. The van der Waals surface area contributed by atoms with Gasteiger partial charge in [-0.2, -0.15) is 0 Å². The first kappa shape index (κ1) is 18.5. The summed E-state index contributed by atoms with van der Waals surface area (Å²) < 4.78 is 24.0. The lowest BCUT2D eigenvalue weighted by Gasteiger charge is -2.27. The van der Waals surface area contributed by atoms with Gasteiger partial charge in [0.15, 0.2) is 11.5 Å². The Hall–Kier alpha value is -3.87. The minimum Gasteiger partial charge on any atom is -0.503 e. The van der Waals surface area contributed by atoms with Gasteiger partial charge in [0.25, 0.3) is 5.91 Å². The monoisotopic (exact) mass is 393 g/mol. The van der Waals surface area contributed by atoms with Crippen LogP contribution in [0.2, 0.25) is 0 Å². The summed E-state index contributed by atoms with van der Waals surface area (Å²) in [6.07, 6.45) is 1.33. The lowest BCUT2D eigenvalue weighted by molar-refractivity contribution is -0.117. The number of anilines is 1. The smallest absolute Gasteiger partial charge is 0.294 e. The van der Waals surface area contributed by atoms with Crippen molar-refractivity contribution in [3.8, 4) is 5.75 Å². The lowest BCUT2D eigenvalue weighted by Crippen LogP contribution is -2.31. The first-order valence-electron chi connectivity index (χ1n) is 8.76. The van der Waals surface area contributed by atoms with Gasteiger partial charge in [0.05, 0.1) is 25.0 Å². The average Bonchev–Trinajstić information content (AvgIpc) is 3.36. The number of aliphatic hydroxyl groups excluding tert-OH is 1. The third-order valence-electron chi connectivity index (χ3n) is 4.74. The molecule has 4 rings (SSSR count). The molecule has 2 aromatic carbocycles. The molecular weight excluding hydrogens is 377 g/mol. The highest BCUT2D eigenvalue weighted by Gasteiger charge is 2.46. The second kappa shape index (κ2) is 7.27. The third-order valence-corrected chi connectivity index (χ3v) is 4.74. The number of nitrogens with zero attached hydrogens (tertiary/aromatic N) is 1. The molecule has 1 amide bonds. The number of carbonyl (C=O) groups excluding carboxylic acids is 2. The Balaban J connectivity index is 1.92. The standard InChI is InChI=1S/C22H16FNO5/c1-28-16-6-3-2-5-15(16)19-18(20(25)17-7-4-12-29-17)21(26)22(27)24(19)14-10-8-13(23)9-11-14/h2-12,19,26H,1H3. The fraction of sp³-hybridized carbons (Fsp3) is 0.0909. The number of Topliss-reactive ketones (excluding diaryl/α,β-unsaturated/α-hetero) is 1. The molecule has 0 saturated carbocycles. The number of methoxy groups -OCH3 is 1. The molecular formula is C22H16FNO5. The molecule has 1 aliphatic heterocycles. The van der Waals surface area contributed by atoms with Gasteiger partial charge in [-0.05, 0) is 42.5 Å². The van der Waals surface area contributed by atoms with E-state index in [1.807, 2.05) is 0 Å². The van der Waals surface area contributed by atoms with Crippen molar-refractivity contribution in [2.45, 2.75) is 6.04 Å². The molecule has 29 heavy (non-hydrogen) atoms. The fourth-order valence-corrected chi connectivity index (χ4v) is 3.43. The Bertz CT molecular complexity index is 1100. The first-order chi connectivity index (χ1) is 14.0. The van der Waals surface area contributed by atoms with E-state index in [2.05, 4.69) is 0 Å². The van der Waals surface area contributed by atoms with E-state index < -0.39 is 29.3 Å². The van der Waals surface area contributed by atoms with Gasteiger partial charge < -0.3 is 14.3 Å². The summed E-state index contributed by atoms with van der Waals surface area (Å²) in [4.78, 5) is 27.3. The van der Waals surface area contributed by atoms with E-state index in [-0.39, 0.29) is 11.3 Å². The summed E-state index contributed by atoms with van der Waals surface area (Å²) >= 11 is 0. The van der Waals surface area contributed by atoms with Crippen molar-refractivity contribution in [1.29, 1.82) is 0 Å². The van der Waals surface area contributed by atoms with E-state index >= 15 is 0 Å². The molecule has 1 atom stereocenters. The van der Waals surface area contributed by atoms with Crippen molar-refractivity contribution >= 4 is 17.4 Å². The number of hydrogen-bond donors (Lipinski definition) is 1. The molecule has 2 heterocycles. The molecule has 0 bridgehead atoms. The van der Waals surface area contributed by atoms with Crippen molar-refractivity contribution in [3.05, 3.63) is 95.4 Å². The maximum Gasteiger partial charge on any atom is 0.294 e. The summed E-state index contributed by atoms with van der Waals surface area (Å²) in [6, 6.07) is 14.1. The first-order valence-corrected chi connectivity index (χ1v) is 8.76. The molecule has 6 nitrogen and oxygen atoms in total. The number of halogens is 1. The Kier molecular flexibility index (Phi) is 4.64. The zero-order valence-electron chi connectivity index (χ0n) is 15.3. The largest absolute Gasteiger partial charge is 0.503 e. The predicted molar refractivity (Wildman–Crippen MR) is 102 cm³/mol. The molecule has 1 aliphatic rings. The van der Waals surface area contributed by atoms with Crippen molar-refractivity contribution in [2.24, 2.45) is 0 Å². The van der Waals surface area contributed by atoms with Gasteiger partial charge in [-0.15, -0.1) is 0 Å². The van der Waals surface area contributed by atoms with Crippen LogP contribution < -0.4 is 9.64 Å². The number of benzene rings is 2. The molecule has 3 aromatic rings. The number of amides is 1. The average molecular weight is 393 g/mol. The van der Waals surface area contributed by atoms with Crippen LogP contribution in [0.15, 0.2) is 82.7 Å². The topological polar surface area (TPSA) is 80.0 Å². The zero-order chi connectivity index (χ0) is 20.5. The van der Waals surface area contributed by atoms with Gasteiger partial charge in [0.2, 0.25) is 5.78 Å². The summed E-state index contributed by atoms with van der Waals surface area (Å²) in [6.45, 7) is 0. The van der Waals surface area contributed by atoms with Gasteiger partial charge >= 0.3 is 0 Å². The van der Waals surface area contributed by atoms with Crippen LogP contribution >= 0.6 is 0 Å². The summed E-state index contributed by atoms with van der Waals surface area (Å²) in [5, 5.41) is 10.6. The number of aliphatic hydroxyl groups is 1. The van der Waals surface area contributed by atoms with Crippen molar-refractivity contribution < 1.29 is 28.2 Å². The van der Waals surface area contributed by atoms with Crippen LogP contribution in [0, 0.1) is 5.82 Å². The normalized spacial score (nSPS) is 16.4. The van der Waals surface area contributed by atoms with Crippen LogP contribution in [0.5, 0.6) is 5.75 Å². The number of para-hydroxylation sites is 1. The molecule has 1 unspecified atom stereocenters. The van der Waals surface area contributed by atoms with E-state index in [9.17, 15) is 19.1 Å². The van der Waals surface area contributed by atoms with E-state index in [0.29, 0.717) is 17.0 Å². The van der Waals surface area contributed by atoms with Crippen molar-refractivity contribution in [3.63, 3.8) is 0 Å². The molecule has 0 aliphatic carbocycles. The highest BCUT2D eigenvalue weighted by atomic mass is 19.1.